The number of halogens is 4. The molecule has 2 nitrogen and oxygen atoms in total. The quantitative estimate of drug-likeness (QED) is 0.610. The second-order valence-electron chi connectivity index (χ2n) is 4.77. The van der Waals surface area contributed by atoms with Crippen LogP contribution in [-0.2, 0) is 0 Å². The lowest BCUT2D eigenvalue weighted by atomic mass is 9.84. The number of carbonyl (C=O) groups excluding carboxylic acids is 1. The minimum absolute atomic E-state index is 0.237. The molecule has 112 valence electrons. The molecule has 20 heavy (non-hydrogen) atoms. The normalized spacial score (nSPS) is 11.5. The van der Waals surface area contributed by atoms with Crippen LogP contribution in [0.4, 0.5) is 8.78 Å². The van der Waals surface area contributed by atoms with E-state index in [0.717, 1.165) is 25.0 Å². The molecule has 1 rings (SSSR count). The third kappa shape index (κ3) is 3.83. The third-order valence-corrected chi connectivity index (χ3v) is 4.52. The molecule has 0 heterocycles. The van der Waals surface area contributed by atoms with Crippen molar-refractivity contribution in [3.63, 3.8) is 0 Å². The Morgan fingerprint density at radius 3 is 2.35 bits per heavy atom. The summed E-state index contributed by atoms with van der Waals surface area (Å²) in [5.41, 5.74) is -0.596. The lowest BCUT2D eigenvalue weighted by Crippen LogP contribution is -2.38. The molecule has 0 aliphatic carbocycles. The first-order valence-corrected chi connectivity index (χ1v) is 7.29. The highest BCUT2D eigenvalue weighted by atomic mass is 35.5. The van der Waals surface area contributed by atoms with E-state index in [1.54, 1.807) is 0 Å². The summed E-state index contributed by atoms with van der Waals surface area (Å²) in [5.74, 6) is -1.96. The van der Waals surface area contributed by atoms with Crippen LogP contribution in [0.2, 0.25) is 5.02 Å². The molecule has 0 aliphatic heterocycles. The molecule has 0 aliphatic rings. The Hall–Kier alpha value is -0.870. The maximum atomic E-state index is 13.6. The van der Waals surface area contributed by atoms with Crippen molar-refractivity contribution < 1.29 is 13.6 Å². The van der Waals surface area contributed by atoms with Gasteiger partial charge in [0.1, 0.15) is 11.6 Å². The van der Waals surface area contributed by atoms with E-state index in [1.165, 1.54) is 0 Å². The second-order valence-corrected chi connectivity index (χ2v) is 5.44. The maximum absolute atomic E-state index is 13.6. The van der Waals surface area contributed by atoms with E-state index in [0.29, 0.717) is 12.4 Å². The summed E-state index contributed by atoms with van der Waals surface area (Å²) in [6, 6.07) is 1.59. The van der Waals surface area contributed by atoms with Crippen LogP contribution < -0.4 is 5.32 Å². The smallest absolute Gasteiger partial charge is 0.254 e. The predicted octanol–water partition coefficient (Wildman–Crippen LogP) is 4.39. The van der Waals surface area contributed by atoms with E-state index in [-0.39, 0.29) is 16.0 Å². The summed E-state index contributed by atoms with van der Waals surface area (Å²) in [6.45, 7) is 4.26. The molecule has 0 saturated carbocycles. The molecule has 0 fully saturated rings. The number of rotatable bonds is 6. The number of alkyl halides is 1. The van der Waals surface area contributed by atoms with Gasteiger partial charge in [-0.25, -0.2) is 8.78 Å². The summed E-state index contributed by atoms with van der Waals surface area (Å²) >= 11 is 11.4. The zero-order chi connectivity index (χ0) is 15.3. The number of nitrogens with one attached hydrogen (secondary N) is 1. The molecule has 1 aromatic carbocycles. The average molecular weight is 324 g/mol. The lowest BCUT2D eigenvalue weighted by Gasteiger charge is -2.29. The molecule has 1 aromatic rings. The Bertz CT molecular complexity index is 482. The molecular weight excluding hydrogens is 307 g/mol. The first-order chi connectivity index (χ1) is 9.39. The van der Waals surface area contributed by atoms with Crippen LogP contribution in [0.25, 0.3) is 0 Å². The Kier molecular flexibility index (Phi) is 6.21. The first-order valence-electron chi connectivity index (χ1n) is 6.38. The van der Waals surface area contributed by atoms with Crippen molar-refractivity contribution in [2.45, 2.75) is 26.7 Å². The SMILES string of the molecule is CCC(CC)(CCl)CNC(=O)c1cc(F)c(Cl)cc1F. The first kappa shape index (κ1) is 17.2. The summed E-state index contributed by atoms with van der Waals surface area (Å²) in [7, 11) is 0. The van der Waals surface area contributed by atoms with E-state index < -0.39 is 17.5 Å². The fourth-order valence-corrected chi connectivity index (χ4v) is 2.42. The average Bonchev–Trinajstić information content (AvgIpc) is 2.44. The van der Waals surface area contributed by atoms with E-state index in [9.17, 15) is 13.6 Å². The topological polar surface area (TPSA) is 29.1 Å². The summed E-state index contributed by atoms with van der Waals surface area (Å²) < 4.78 is 26.9. The molecule has 0 bridgehead atoms. The summed E-state index contributed by atoms with van der Waals surface area (Å²) in [4.78, 5) is 11.9. The van der Waals surface area contributed by atoms with Crippen LogP contribution >= 0.6 is 23.2 Å². The van der Waals surface area contributed by atoms with Crippen molar-refractivity contribution in [2.24, 2.45) is 5.41 Å². The van der Waals surface area contributed by atoms with Gasteiger partial charge in [0.2, 0.25) is 0 Å². The molecule has 0 unspecified atom stereocenters. The van der Waals surface area contributed by atoms with E-state index >= 15 is 0 Å². The van der Waals surface area contributed by atoms with Gasteiger partial charge in [-0.15, -0.1) is 11.6 Å². The Labute approximate surface area is 127 Å². The van der Waals surface area contributed by atoms with Crippen LogP contribution in [-0.4, -0.2) is 18.3 Å². The molecule has 1 amide bonds. The molecule has 6 heteroatoms. The number of carbonyl (C=O) groups is 1. The third-order valence-electron chi connectivity index (χ3n) is 3.66. The Balaban J connectivity index is 2.85. The second kappa shape index (κ2) is 7.23. The highest BCUT2D eigenvalue weighted by molar-refractivity contribution is 6.30. The van der Waals surface area contributed by atoms with Crippen LogP contribution in [0.15, 0.2) is 12.1 Å². The highest BCUT2D eigenvalue weighted by Crippen LogP contribution is 2.27. The standard InChI is InChI=1S/C14H17Cl2F2NO/c1-3-14(4-2,7-15)8-19-13(20)9-5-12(18)10(16)6-11(9)17/h5-6H,3-4,7-8H2,1-2H3,(H,19,20). The maximum Gasteiger partial charge on any atom is 0.254 e. The van der Waals surface area contributed by atoms with Gasteiger partial charge in [-0.1, -0.05) is 25.4 Å². The fourth-order valence-electron chi connectivity index (χ4n) is 1.80. The van der Waals surface area contributed by atoms with E-state index in [2.05, 4.69) is 5.32 Å². The molecular formula is C14H17Cl2F2NO. The van der Waals surface area contributed by atoms with Gasteiger partial charge in [0.05, 0.1) is 10.6 Å². The van der Waals surface area contributed by atoms with Crippen molar-refractivity contribution >= 4 is 29.1 Å². The molecule has 0 aromatic heterocycles. The number of hydrogen-bond donors (Lipinski definition) is 1. The van der Waals surface area contributed by atoms with Gasteiger partial charge in [0.25, 0.3) is 5.91 Å². The highest BCUT2D eigenvalue weighted by Gasteiger charge is 2.26. The molecule has 1 N–H and O–H groups in total. The number of hydrogen-bond acceptors (Lipinski definition) is 1. The van der Waals surface area contributed by atoms with Crippen molar-refractivity contribution in [3.8, 4) is 0 Å². The van der Waals surface area contributed by atoms with Crippen molar-refractivity contribution in [2.75, 3.05) is 12.4 Å². The van der Waals surface area contributed by atoms with Crippen molar-refractivity contribution in [1.29, 1.82) is 0 Å². The largest absolute Gasteiger partial charge is 0.351 e. The monoisotopic (exact) mass is 323 g/mol. The summed E-state index contributed by atoms with van der Waals surface area (Å²) in [5, 5.41) is 2.26. The van der Waals surface area contributed by atoms with Crippen molar-refractivity contribution in [1.82, 2.24) is 5.32 Å². The van der Waals surface area contributed by atoms with Gasteiger partial charge in [-0.3, -0.25) is 4.79 Å². The van der Waals surface area contributed by atoms with Gasteiger partial charge >= 0.3 is 0 Å². The predicted molar refractivity (Wildman–Crippen MR) is 77.4 cm³/mol. The molecule has 0 atom stereocenters. The van der Waals surface area contributed by atoms with Gasteiger partial charge in [-0.05, 0) is 25.0 Å². The van der Waals surface area contributed by atoms with Crippen LogP contribution in [0, 0.1) is 17.0 Å². The minimum atomic E-state index is -0.849. The zero-order valence-electron chi connectivity index (χ0n) is 11.4. The number of benzene rings is 1. The molecule has 0 radical (unpaired) electrons. The van der Waals surface area contributed by atoms with Gasteiger partial charge < -0.3 is 5.32 Å². The van der Waals surface area contributed by atoms with E-state index in [4.69, 9.17) is 23.2 Å². The number of amides is 1. The molecule has 0 spiro atoms. The van der Waals surface area contributed by atoms with Gasteiger partial charge in [0.15, 0.2) is 0 Å². The summed E-state index contributed by atoms with van der Waals surface area (Å²) in [6.07, 6.45) is 1.56. The van der Waals surface area contributed by atoms with E-state index in [1.807, 2.05) is 13.8 Å². The molecule has 0 saturated heterocycles. The van der Waals surface area contributed by atoms with Crippen LogP contribution in [0.1, 0.15) is 37.0 Å². The van der Waals surface area contributed by atoms with Crippen LogP contribution in [0.5, 0.6) is 0 Å². The van der Waals surface area contributed by atoms with Gasteiger partial charge in [0, 0.05) is 17.8 Å². The lowest BCUT2D eigenvalue weighted by molar-refractivity contribution is 0.0927. The fraction of sp³-hybridized carbons (Fsp3) is 0.500. The van der Waals surface area contributed by atoms with Gasteiger partial charge in [-0.2, -0.15) is 0 Å². The Morgan fingerprint density at radius 2 is 1.85 bits per heavy atom. The zero-order valence-corrected chi connectivity index (χ0v) is 12.9. The van der Waals surface area contributed by atoms with Crippen LogP contribution in [0.3, 0.4) is 0 Å². The Morgan fingerprint density at radius 1 is 1.25 bits per heavy atom. The van der Waals surface area contributed by atoms with Crippen molar-refractivity contribution in [3.05, 3.63) is 34.4 Å². The minimum Gasteiger partial charge on any atom is -0.351 e.